The Hall–Kier alpha value is -16.0. The molecule has 12 heterocycles. The molecule has 4 aliphatic heterocycles. The van der Waals surface area contributed by atoms with Gasteiger partial charge in [-0.25, -0.2) is 44.7 Å². The minimum Gasteiger partial charge on any atom is -0.445 e. The highest BCUT2D eigenvalue weighted by molar-refractivity contribution is 5.94. The van der Waals surface area contributed by atoms with E-state index in [1.165, 1.54) is 67.6 Å². The normalized spacial score (nSPS) is 16.6. The number of ether oxygens (including phenoxy) is 1. The van der Waals surface area contributed by atoms with Gasteiger partial charge in [0.15, 0.2) is 46.6 Å². The van der Waals surface area contributed by atoms with Crippen molar-refractivity contribution < 1.29 is 67.0 Å². The third-order valence-electron chi connectivity index (χ3n) is 24.4. The van der Waals surface area contributed by atoms with E-state index >= 15 is 0 Å². The van der Waals surface area contributed by atoms with Crippen molar-refractivity contribution in [2.45, 2.75) is 62.4 Å². The average Bonchev–Trinajstić information content (AvgIpc) is 1.54. The number of aromatic amines is 4. The minimum atomic E-state index is -4.61. The summed E-state index contributed by atoms with van der Waals surface area (Å²) in [6.45, 7) is 8.66. The molecule has 4 saturated heterocycles. The second-order valence-electron chi connectivity index (χ2n) is 34.0. The highest BCUT2D eigenvalue weighted by Gasteiger charge is 2.41. The molecule has 143 heavy (non-hydrogen) atoms. The summed E-state index contributed by atoms with van der Waals surface area (Å²) in [6, 6.07) is 66.4. The molecule has 17 aromatic rings. The lowest BCUT2D eigenvalue weighted by molar-refractivity contribution is -0.137. The number of carbonyl (C=O) groups excluding carboxylic acids is 2. The minimum absolute atomic E-state index is 0.00476. The van der Waals surface area contributed by atoms with Crippen LogP contribution in [0.3, 0.4) is 0 Å². The number of amides is 2. The van der Waals surface area contributed by atoms with Crippen molar-refractivity contribution in [3.63, 3.8) is 0 Å². The third-order valence-corrected chi connectivity index (χ3v) is 24.4. The second kappa shape index (κ2) is 42.2. The van der Waals surface area contributed by atoms with E-state index in [0.717, 1.165) is 99.6 Å². The van der Waals surface area contributed by atoms with Crippen molar-refractivity contribution in [1.29, 1.82) is 0 Å². The van der Waals surface area contributed by atoms with Gasteiger partial charge in [-0.15, -0.1) is 0 Å². The van der Waals surface area contributed by atoms with Gasteiger partial charge in [0.25, 0.3) is 0 Å². The Morgan fingerprint density at radius 2 is 0.692 bits per heavy atom. The smallest absolute Gasteiger partial charge is 0.417 e. The van der Waals surface area contributed by atoms with Crippen LogP contribution in [0.25, 0.3) is 89.2 Å². The van der Waals surface area contributed by atoms with Crippen LogP contribution in [0.15, 0.2) is 249 Å². The van der Waals surface area contributed by atoms with E-state index in [1.54, 1.807) is 46.2 Å². The number of likely N-dealkylation sites (N-methyl/N-ethyl adjacent to an activating group) is 2. The van der Waals surface area contributed by atoms with Gasteiger partial charge in [0, 0.05) is 154 Å². The number of nitrogens with zero attached hydrogens (tertiary/aromatic N) is 16. The molecule has 8 aromatic heterocycles. The lowest BCUT2D eigenvalue weighted by atomic mass is 10.0. The van der Waals surface area contributed by atoms with Gasteiger partial charge in [-0.05, 0) is 92.5 Å². The zero-order valence-corrected chi connectivity index (χ0v) is 76.6. The number of nitrogens with one attached hydrogen (secondary N) is 12. The maximum atomic E-state index is 14.0. The summed E-state index contributed by atoms with van der Waals surface area (Å²) in [6.07, 6.45) is -18.7. The maximum absolute atomic E-state index is 14.0. The van der Waals surface area contributed by atoms with Crippen LogP contribution in [-0.2, 0) is 40.8 Å². The number of fused-ring (bicyclic) bond motifs is 4. The molecule has 43 heteroatoms. The molecule has 0 aliphatic carbocycles. The standard InChI is InChI=1S/C31H28F3N7O2.C24H22F3N7O.C23H22F3N7.C22H20F3N7/c1-40-15-16-41(30(42)43-19-20-9-3-2-4-10-20)18-26(40)25-17-27(37-29-22-12-6-8-14-24(22)38-39-29)36-28(35-25)21-11-5-7-13-23(21)31(32,33)34;1-14(35)34-11-10-28-20(13-34)19-12-21(31-23-16-7-3-5-9-18(16)32-33-23)30-22(29-19)15-6-2-4-8-17(15)24(25,26)27;1-33-11-10-27-13-19(33)18-12-20(30-22-15-7-3-5-9-17(15)31-32-22)29-21(28-18)14-6-2-4-8-16(14)23(24,25)26;23-22(24,25)15-7-3-1-5-13(15)20-28-17(18-12-26-9-10-27-18)11-19(29-20)30-21-14-6-2-4-8-16(14)31-32-21/h2-14,17,26H,15-16,18-19H2,1H3,(H2,35,36,37,38,39);2-9,12,20,28H,10-11,13H2,1H3,(H2,29,30,31,32,33);2-9,12,19,27H,10-11,13H2,1H3,(H2,28,29,30,31,32);1-8,11,18,26-27H,9-10,12H2,(H2,28,29,30,31,32). The van der Waals surface area contributed by atoms with Crippen LogP contribution in [0.1, 0.15) is 81.7 Å². The second-order valence-corrected chi connectivity index (χ2v) is 34.0. The predicted molar refractivity (Wildman–Crippen MR) is 516 cm³/mol. The number of rotatable bonds is 18. The van der Waals surface area contributed by atoms with Crippen LogP contribution in [0.4, 0.5) is 104 Å². The van der Waals surface area contributed by atoms with E-state index in [2.05, 4.69) is 128 Å². The van der Waals surface area contributed by atoms with Crippen molar-refractivity contribution in [1.82, 2.24) is 122 Å². The molecule has 2 amide bonds. The monoisotopic (exact) mass is 1960 g/mol. The molecule has 9 aromatic carbocycles. The topological polar surface area (TPSA) is 370 Å². The summed E-state index contributed by atoms with van der Waals surface area (Å²) < 4.78 is 171. The van der Waals surface area contributed by atoms with Crippen molar-refractivity contribution in [3.8, 4) is 45.6 Å². The van der Waals surface area contributed by atoms with E-state index in [4.69, 9.17) is 4.74 Å². The number of anilines is 8. The van der Waals surface area contributed by atoms with Crippen molar-refractivity contribution in [2.75, 3.05) is 114 Å². The molecule has 0 bridgehead atoms. The summed E-state index contributed by atoms with van der Waals surface area (Å²) in [4.78, 5) is 68.4. The molecular formula is C100H92F12N28O3. The SMILES string of the molecule is CC(=O)N1CCNC(c2cc(Nc3n[nH]c4ccccc34)nc(-c3ccccc3C(F)(F)F)n2)C1.CN1CCN(C(=O)OCc2ccccc2)CC1c1cc(Nc2n[nH]c3ccccc23)nc(-c2ccccc2C(F)(F)F)n1.CN1CCNCC1c1cc(Nc2n[nH]c3ccccc23)nc(-c2ccccc2C(F)(F)F)n1.FC(F)(F)c1ccccc1-c1nc(Nc2n[nH]c3ccccc23)cc(C2CNCCN2)n1. The first-order valence-corrected chi connectivity index (χ1v) is 45.5. The molecule has 4 atom stereocenters. The van der Waals surface area contributed by atoms with E-state index in [0.29, 0.717) is 109 Å². The van der Waals surface area contributed by atoms with Crippen molar-refractivity contribution in [2.24, 2.45) is 0 Å². The number of alkyl halides is 12. The molecule has 4 fully saturated rings. The third kappa shape index (κ3) is 22.9. The Kier molecular flexibility index (Phi) is 28.7. The molecular weight excluding hydrogens is 1870 g/mol. The summed E-state index contributed by atoms with van der Waals surface area (Å²) in [5.41, 5.74) is 2.68. The first-order chi connectivity index (χ1) is 68.9. The Morgan fingerprint density at radius 3 is 1.08 bits per heavy atom. The first kappa shape index (κ1) is 97.3. The van der Waals surface area contributed by atoms with Crippen LogP contribution < -0.4 is 42.5 Å². The predicted octanol–water partition coefficient (Wildman–Crippen LogP) is 19.1. The number of H-pyrrole nitrogens is 4. The molecule has 12 N–H and O–H groups in total. The van der Waals surface area contributed by atoms with Crippen molar-refractivity contribution in [3.05, 3.63) is 299 Å². The lowest BCUT2D eigenvalue weighted by Crippen LogP contribution is -2.49. The maximum Gasteiger partial charge on any atom is 0.417 e. The number of para-hydroxylation sites is 4. The Morgan fingerprint density at radius 1 is 0.350 bits per heavy atom. The van der Waals surface area contributed by atoms with E-state index < -0.39 is 59.1 Å². The average molecular weight is 1960 g/mol. The van der Waals surface area contributed by atoms with Gasteiger partial charge in [0.1, 0.15) is 29.9 Å². The first-order valence-electron chi connectivity index (χ1n) is 45.5. The quantitative estimate of drug-likeness (QED) is 0.0355. The Labute approximate surface area is 808 Å². The molecule has 21 rings (SSSR count). The fourth-order valence-corrected chi connectivity index (χ4v) is 17.1. The molecule has 4 aliphatic rings. The fraction of sp³-hybridized carbons (Fsp3) is 0.240. The van der Waals surface area contributed by atoms with Crippen molar-refractivity contribution >= 4 is 102 Å². The number of piperazine rings is 4. The number of benzene rings is 9. The summed E-state index contributed by atoms with van der Waals surface area (Å²) in [5.74, 6) is 3.13. The molecule has 0 radical (unpaired) electrons. The Balaban J connectivity index is 0.000000126. The van der Waals surface area contributed by atoms with E-state index in [9.17, 15) is 62.3 Å². The van der Waals surface area contributed by atoms with Gasteiger partial charge in [-0.2, -0.15) is 73.1 Å². The van der Waals surface area contributed by atoms with Crippen LogP contribution >= 0.6 is 0 Å². The number of hydrogen-bond donors (Lipinski definition) is 12. The van der Waals surface area contributed by atoms with Gasteiger partial charge in [-0.3, -0.25) is 35.0 Å². The largest absolute Gasteiger partial charge is 0.445 e. The van der Waals surface area contributed by atoms with Crippen LogP contribution in [-0.4, -0.2) is 205 Å². The molecule has 31 nitrogen and oxygen atoms in total. The highest BCUT2D eigenvalue weighted by Crippen LogP contribution is 2.44. The van der Waals surface area contributed by atoms with Gasteiger partial charge < -0.3 is 57.1 Å². The zero-order valence-electron chi connectivity index (χ0n) is 76.6. The van der Waals surface area contributed by atoms with E-state index in [1.807, 2.05) is 146 Å². The molecule has 734 valence electrons. The molecule has 0 spiro atoms. The summed E-state index contributed by atoms with van der Waals surface area (Å²) in [7, 11) is 3.86. The molecule has 0 saturated carbocycles. The van der Waals surface area contributed by atoms with Gasteiger partial charge in [0.2, 0.25) is 5.91 Å². The zero-order chi connectivity index (χ0) is 99.7. The van der Waals surface area contributed by atoms with Gasteiger partial charge >= 0.3 is 30.8 Å². The van der Waals surface area contributed by atoms with Crippen LogP contribution in [0, 0.1) is 0 Å². The van der Waals surface area contributed by atoms with Crippen LogP contribution in [0.2, 0.25) is 0 Å². The van der Waals surface area contributed by atoms with E-state index in [-0.39, 0.29) is 88.6 Å². The lowest BCUT2D eigenvalue weighted by Gasteiger charge is -2.38. The number of hydrogen-bond acceptors (Lipinski definition) is 25. The number of aromatic nitrogens is 16. The van der Waals surface area contributed by atoms with Gasteiger partial charge in [0.05, 0.1) is 91.3 Å². The molecule has 4 unspecified atom stereocenters. The van der Waals surface area contributed by atoms with Gasteiger partial charge in [-0.1, -0.05) is 152 Å². The Bertz CT molecular complexity index is 7380. The number of halogens is 12. The highest BCUT2D eigenvalue weighted by atomic mass is 19.4. The summed E-state index contributed by atoms with van der Waals surface area (Å²) >= 11 is 0. The summed E-state index contributed by atoms with van der Waals surface area (Å²) in [5, 5.41) is 58.1. The fourth-order valence-electron chi connectivity index (χ4n) is 17.1. The number of carbonyl (C=O) groups is 2. The van der Waals surface area contributed by atoms with Crippen LogP contribution in [0.5, 0.6) is 0 Å².